The molecule has 5 aromatic rings. The van der Waals surface area contributed by atoms with Crippen molar-refractivity contribution in [1.29, 1.82) is 0 Å². The number of esters is 1. The number of fused-ring (bicyclic) bond motifs is 1. The number of carbonyl (C=O) groups excluding carboxylic acids is 2. The Hall–Kier alpha value is -5.27. The summed E-state index contributed by atoms with van der Waals surface area (Å²) in [5.41, 5.74) is 5.79. The Morgan fingerprint density at radius 1 is 0.889 bits per heavy atom. The van der Waals surface area contributed by atoms with Crippen LogP contribution in [0.25, 0.3) is 11.0 Å². The lowest BCUT2D eigenvalue weighted by Gasteiger charge is -2.44. The number of urea groups is 1. The minimum atomic E-state index is -0.856. The van der Waals surface area contributed by atoms with E-state index in [0.717, 1.165) is 59.2 Å². The van der Waals surface area contributed by atoms with Crippen molar-refractivity contribution >= 4 is 28.7 Å². The number of likely N-dealkylation sites (tertiary alicyclic amines) is 1. The molecule has 0 spiro atoms. The Bertz CT molecular complexity index is 2070. The van der Waals surface area contributed by atoms with Gasteiger partial charge in [0, 0.05) is 49.3 Å². The predicted molar refractivity (Wildman–Crippen MR) is 205 cm³/mol. The maximum atomic E-state index is 13.0. The number of methoxy groups -OCH3 is 1. The number of benzene rings is 4. The molecule has 282 valence electrons. The number of nitrogens with zero attached hydrogens (tertiary/aromatic N) is 2. The van der Waals surface area contributed by atoms with Crippen LogP contribution in [0.3, 0.4) is 0 Å². The topological polar surface area (TPSA) is 147 Å². The number of aliphatic hydroxyl groups excluding tert-OH is 1. The second-order valence-corrected chi connectivity index (χ2v) is 14.2. The number of aromatic amines is 1. The molecule has 1 aromatic heterocycles. The van der Waals surface area contributed by atoms with Crippen LogP contribution < -0.4 is 16.3 Å². The molecule has 2 amide bonds. The fraction of sp³-hybridized carbons (Fsp3) is 0.357. The lowest BCUT2D eigenvalue weighted by molar-refractivity contribution is -0.276. The molecule has 0 saturated carbocycles. The van der Waals surface area contributed by atoms with Gasteiger partial charge >= 0.3 is 17.7 Å². The first-order chi connectivity index (χ1) is 26.3. The van der Waals surface area contributed by atoms with E-state index in [1.165, 1.54) is 7.11 Å². The third-order valence-electron chi connectivity index (χ3n) is 10.6. The Morgan fingerprint density at radius 3 is 2.28 bits per heavy atom. The lowest BCUT2D eigenvalue weighted by Crippen LogP contribution is -2.47. The number of imidazole rings is 1. The number of nitrogens with one attached hydrogen (secondary N) is 3. The SMILES string of the molecule is COC(=O)[C@H](Cc1ccccc1)NC(=O)Nc1ccc([C@H]2O[C@@H](CN3CCC(n4c(=O)[nH]c5ccccc54)CC3)[C@@H](C)[C@@H](c3ccc(CO)cc3)O2)cc1. The molecule has 0 radical (unpaired) electrons. The average Bonchev–Trinajstić information content (AvgIpc) is 3.54. The molecular weight excluding hydrogens is 686 g/mol. The molecule has 2 saturated heterocycles. The van der Waals surface area contributed by atoms with Crippen molar-refractivity contribution in [3.8, 4) is 0 Å². The van der Waals surface area contributed by atoms with E-state index in [1.54, 1.807) is 12.1 Å². The van der Waals surface area contributed by atoms with Crippen LogP contribution >= 0.6 is 0 Å². The summed E-state index contributed by atoms with van der Waals surface area (Å²) < 4.78 is 20.2. The average molecular weight is 734 g/mol. The molecule has 4 aromatic carbocycles. The van der Waals surface area contributed by atoms with E-state index in [9.17, 15) is 19.5 Å². The summed E-state index contributed by atoms with van der Waals surface area (Å²) in [5.74, 6) is -0.520. The van der Waals surface area contributed by atoms with Crippen LogP contribution in [0.4, 0.5) is 10.5 Å². The Balaban J connectivity index is 1.03. The number of amides is 2. The van der Waals surface area contributed by atoms with Gasteiger partial charge in [-0.3, -0.25) is 4.57 Å². The molecule has 4 N–H and O–H groups in total. The first-order valence-corrected chi connectivity index (χ1v) is 18.5. The van der Waals surface area contributed by atoms with Gasteiger partial charge in [-0.05, 0) is 53.8 Å². The highest BCUT2D eigenvalue weighted by molar-refractivity contribution is 5.92. The second kappa shape index (κ2) is 16.8. The highest BCUT2D eigenvalue weighted by Crippen LogP contribution is 2.42. The van der Waals surface area contributed by atoms with Gasteiger partial charge in [0.1, 0.15) is 6.04 Å². The number of piperidine rings is 1. The van der Waals surface area contributed by atoms with Gasteiger partial charge in [-0.15, -0.1) is 0 Å². The monoisotopic (exact) mass is 733 g/mol. The molecular formula is C42H47N5O7. The van der Waals surface area contributed by atoms with Crippen LogP contribution in [0.15, 0.2) is 108 Å². The maximum absolute atomic E-state index is 13.0. The quantitative estimate of drug-likeness (QED) is 0.124. The standard InChI is InChI=1S/C42H47N5O7/c1-27-37(25-46-22-20-33(21-23-46)47-36-11-7-6-10-34(36)45-42(47)51)53-40(54-38(27)30-14-12-29(26-48)13-15-30)31-16-18-32(19-17-31)43-41(50)44-35(39(49)52-2)24-28-8-4-3-5-9-28/h3-19,27,33,35,37-38,40,48H,20-26H2,1-2H3,(H,45,51)(H2,43,44,50)/t27-,35+,37+,38+,40+/m1/s1. The van der Waals surface area contributed by atoms with Crippen LogP contribution in [0.5, 0.6) is 0 Å². The van der Waals surface area contributed by atoms with Crippen LogP contribution in [0.1, 0.15) is 60.5 Å². The summed E-state index contributed by atoms with van der Waals surface area (Å²) in [6.07, 6.45) is 0.886. The van der Waals surface area contributed by atoms with Gasteiger partial charge in [0.15, 0.2) is 6.29 Å². The molecule has 12 heteroatoms. The second-order valence-electron chi connectivity index (χ2n) is 14.2. The van der Waals surface area contributed by atoms with E-state index < -0.39 is 24.3 Å². The van der Waals surface area contributed by atoms with Gasteiger partial charge in [-0.25, -0.2) is 14.4 Å². The molecule has 54 heavy (non-hydrogen) atoms. The third kappa shape index (κ3) is 8.42. The maximum Gasteiger partial charge on any atom is 0.328 e. The summed E-state index contributed by atoms with van der Waals surface area (Å²) in [5, 5.41) is 15.2. The van der Waals surface area contributed by atoms with E-state index in [1.807, 2.05) is 95.6 Å². The number of aromatic nitrogens is 2. The van der Waals surface area contributed by atoms with Crippen LogP contribution in [-0.4, -0.2) is 70.4 Å². The normalized spacial score (nSPS) is 21.4. The summed E-state index contributed by atoms with van der Waals surface area (Å²) in [6.45, 7) is 4.47. The van der Waals surface area contributed by atoms with Gasteiger partial charge in [-0.1, -0.05) is 85.8 Å². The molecule has 7 rings (SSSR count). The number of H-pyrrole nitrogens is 1. The zero-order chi connectivity index (χ0) is 37.6. The van der Waals surface area contributed by atoms with Gasteiger partial charge in [0.2, 0.25) is 0 Å². The van der Waals surface area contributed by atoms with Gasteiger partial charge in [0.25, 0.3) is 0 Å². The molecule has 0 bridgehead atoms. The number of hydrogen-bond acceptors (Lipinski definition) is 8. The van der Waals surface area contributed by atoms with Crippen LogP contribution in [0.2, 0.25) is 0 Å². The first-order valence-electron chi connectivity index (χ1n) is 18.5. The molecule has 2 aliphatic heterocycles. The zero-order valence-corrected chi connectivity index (χ0v) is 30.5. The first kappa shape index (κ1) is 37.1. The van der Waals surface area contributed by atoms with Crippen molar-refractivity contribution in [3.63, 3.8) is 0 Å². The highest BCUT2D eigenvalue weighted by Gasteiger charge is 2.40. The van der Waals surface area contributed by atoms with Crippen molar-refractivity contribution in [3.05, 3.63) is 136 Å². The molecule has 0 unspecified atom stereocenters. The third-order valence-corrected chi connectivity index (χ3v) is 10.6. The van der Waals surface area contributed by atoms with Crippen LogP contribution in [0, 0.1) is 5.92 Å². The van der Waals surface area contributed by atoms with E-state index in [2.05, 4.69) is 27.4 Å². The van der Waals surface area contributed by atoms with Crippen molar-refractivity contribution in [2.45, 2.75) is 63.4 Å². The number of hydrogen-bond donors (Lipinski definition) is 4. The van der Waals surface area contributed by atoms with E-state index >= 15 is 0 Å². The molecule has 5 atom stereocenters. The molecule has 2 aliphatic rings. The number of anilines is 1. The number of carbonyl (C=O) groups is 2. The van der Waals surface area contributed by atoms with Gasteiger partial charge < -0.3 is 39.8 Å². The lowest BCUT2D eigenvalue weighted by atomic mass is 9.89. The smallest absolute Gasteiger partial charge is 0.328 e. The Kier molecular flexibility index (Phi) is 11.5. The van der Waals surface area contributed by atoms with Crippen LogP contribution in [-0.2, 0) is 32.0 Å². The summed E-state index contributed by atoms with van der Waals surface area (Å²) in [4.78, 5) is 43.7. The molecule has 0 aliphatic carbocycles. The van der Waals surface area contributed by atoms with E-state index in [0.29, 0.717) is 18.7 Å². The number of para-hydroxylation sites is 2. The van der Waals surface area contributed by atoms with Crippen molar-refractivity contribution in [2.24, 2.45) is 5.92 Å². The van der Waals surface area contributed by atoms with Gasteiger partial charge in [-0.2, -0.15) is 0 Å². The zero-order valence-electron chi connectivity index (χ0n) is 30.5. The predicted octanol–water partition coefficient (Wildman–Crippen LogP) is 5.86. The minimum absolute atomic E-state index is 0.0125. The largest absolute Gasteiger partial charge is 0.467 e. The molecule has 12 nitrogen and oxygen atoms in total. The molecule has 3 heterocycles. The fourth-order valence-electron chi connectivity index (χ4n) is 7.61. The minimum Gasteiger partial charge on any atom is -0.467 e. The summed E-state index contributed by atoms with van der Waals surface area (Å²) in [7, 11) is 1.30. The Labute approximate surface area is 314 Å². The number of rotatable bonds is 11. The summed E-state index contributed by atoms with van der Waals surface area (Å²) in [6, 6.07) is 31.1. The van der Waals surface area contributed by atoms with Crippen molar-refractivity contribution < 1.29 is 28.9 Å². The summed E-state index contributed by atoms with van der Waals surface area (Å²) >= 11 is 0. The van der Waals surface area contributed by atoms with Gasteiger partial charge in [0.05, 0.1) is 37.0 Å². The Morgan fingerprint density at radius 2 is 1.57 bits per heavy atom. The molecule has 2 fully saturated rings. The van der Waals surface area contributed by atoms with Crippen molar-refractivity contribution in [2.75, 3.05) is 32.1 Å². The highest BCUT2D eigenvalue weighted by atomic mass is 16.7. The van der Waals surface area contributed by atoms with E-state index in [4.69, 9.17) is 14.2 Å². The fourth-order valence-corrected chi connectivity index (χ4v) is 7.61. The van der Waals surface area contributed by atoms with Crippen molar-refractivity contribution in [1.82, 2.24) is 19.8 Å². The van der Waals surface area contributed by atoms with E-state index in [-0.39, 0.29) is 36.5 Å². The number of aliphatic hydroxyl groups is 1. The number of ether oxygens (including phenoxy) is 3.